The molecule has 1 aromatic carbocycles. The van der Waals surface area contributed by atoms with E-state index in [-0.39, 0.29) is 17.8 Å². The lowest BCUT2D eigenvalue weighted by molar-refractivity contribution is 0.0712. The molecule has 2 aromatic rings. The summed E-state index contributed by atoms with van der Waals surface area (Å²) in [6.07, 6.45) is 3.16. The molecular weight excluding hydrogens is 295 g/mol. The van der Waals surface area contributed by atoms with Crippen molar-refractivity contribution in [2.45, 2.75) is 25.8 Å². The normalized spacial score (nSPS) is 15.5. The Balaban J connectivity index is 1.58. The van der Waals surface area contributed by atoms with Crippen molar-refractivity contribution in [3.05, 3.63) is 53.9 Å². The Morgan fingerprint density at radius 1 is 1.26 bits per heavy atom. The highest BCUT2D eigenvalue weighted by Gasteiger charge is 2.24. The number of piperidine rings is 1. The van der Waals surface area contributed by atoms with E-state index in [4.69, 9.17) is 0 Å². The molecule has 1 aliphatic heterocycles. The second-order valence-corrected chi connectivity index (χ2v) is 5.68. The maximum Gasteiger partial charge on any atom is 0.272 e. The van der Waals surface area contributed by atoms with Gasteiger partial charge < -0.3 is 10.2 Å². The smallest absolute Gasteiger partial charge is 0.272 e. The van der Waals surface area contributed by atoms with Gasteiger partial charge in [0.1, 0.15) is 17.3 Å². The molecule has 23 heavy (non-hydrogen) atoms. The van der Waals surface area contributed by atoms with Crippen LogP contribution in [0.4, 0.5) is 10.1 Å². The molecule has 0 atom stereocenters. The Labute approximate surface area is 134 Å². The van der Waals surface area contributed by atoms with Gasteiger partial charge in [-0.15, -0.1) is 0 Å². The van der Waals surface area contributed by atoms with Crippen LogP contribution in [0.1, 0.15) is 29.2 Å². The first-order valence-corrected chi connectivity index (χ1v) is 7.73. The van der Waals surface area contributed by atoms with Crippen LogP contribution in [0.5, 0.6) is 0 Å². The fourth-order valence-electron chi connectivity index (χ4n) is 2.76. The first kappa shape index (κ1) is 15.4. The summed E-state index contributed by atoms with van der Waals surface area (Å²) in [6, 6.07) is 8.46. The third kappa shape index (κ3) is 3.64. The number of nitrogens with one attached hydrogen (secondary N) is 1. The largest absolute Gasteiger partial charge is 0.380 e. The van der Waals surface area contributed by atoms with E-state index in [1.54, 1.807) is 36.2 Å². The Bertz CT molecular complexity index is 698. The molecule has 1 N–H and O–H groups in total. The van der Waals surface area contributed by atoms with Crippen LogP contribution < -0.4 is 5.32 Å². The van der Waals surface area contributed by atoms with E-state index in [1.807, 2.05) is 6.07 Å². The standard InChI is InChI=1S/C17H19FN4O/c1-12-19-9-6-16(20-12)17(23)22-10-7-13(8-11-22)21-15-5-3-2-4-14(15)18/h2-6,9,13,21H,7-8,10-11H2,1H3. The van der Waals surface area contributed by atoms with E-state index in [0.29, 0.717) is 30.3 Å². The predicted molar refractivity (Wildman–Crippen MR) is 85.7 cm³/mol. The summed E-state index contributed by atoms with van der Waals surface area (Å²) >= 11 is 0. The molecular formula is C17H19FN4O. The third-order valence-corrected chi connectivity index (χ3v) is 4.01. The van der Waals surface area contributed by atoms with Crippen molar-refractivity contribution in [1.82, 2.24) is 14.9 Å². The highest BCUT2D eigenvalue weighted by atomic mass is 19.1. The van der Waals surface area contributed by atoms with E-state index >= 15 is 0 Å². The minimum absolute atomic E-state index is 0.0696. The van der Waals surface area contributed by atoms with Gasteiger partial charge in [0.2, 0.25) is 0 Å². The molecule has 6 heteroatoms. The fourth-order valence-corrected chi connectivity index (χ4v) is 2.76. The van der Waals surface area contributed by atoms with Gasteiger partial charge in [-0.1, -0.05) is 12.1 Å². The van der Waals surface area contributed by atoms with Crippen LogP contribution in [0.3, 0.4) is 0 Å². The molecule has 1 fully saturated rings. The number of aromatic nitrogens is 2. The molecule has 0 spiro atoms. The minimum Gasteiger partial charge on any atom is -0.380 e. The molecule has 3 rings (SSSR count). The van der Waals surface area contributed by atoms with Crippen LogP contribution in [-0.2, 0) is 0 Å². The Kier molecular flexibility index (Phi) is 4.50. The quantitative estimate of drug-likeness (QED) is 0.946. The number of anilines is 1. The SMILES string of the molecule is Cc1nccc(C(=O)N2CCC(Nc3ccccc3F)CC2)n1. The lowest BCUT2D eigenvalue weighted by Crippen LogP contribution is -2.42. The molecule has 2 heterocycles. The number of amides is 1. The molecule has 1 saturated heterocycles. The topological polar surface area (TPSA) is 58.1 Å². The highest BCUT2D eigenvalue weighted by molar-refractivity contribution is 5.92. The van der Waals surface area contributed by atoms with Crippen LogP contribution in [-0.4, -0.2) is 39.9 Å². The maximum atomic E-state index is 13.7. The zero-order chi connectivity index (χ0) is 16.2. The Morgan fingerprint density at radius 2 is 2.00 bits per heavy atom. The van der Waals surface area contributed by atoms with Crippen LogP contribution >= 0.6 is 0 Å². The molecule has 0 unspecified atom stereocenters. The first-order chi connectivity index (χ1) is 11.1. The number of halogens is 1. The van der Waals surface area contributed by atoms with Crippen LogP contribution in [0.25, 0.3) is 0 Å². The van der Waals surface area contributed by atoms with Gasteiger partial charge in [-0.05, 0) is 38.0 Å². The molecule has 120 valence electrons. The van der Waals surface area contributed by atoms with E-state index < -0.39 is 0 Å². The molecule has 0 saturated carbocycles. The lowest BCUT2D eigenvalue weighted by atomic mass is 10.0. The number of likely N-dealkylation sites (tertiary alicyclic amines) is 1. The Morgan fingerprint density at radius 3 is 2.70 bits per heavy atom. The van der Waals surface area contributed by atoms with Gasteiger partial charge in [-0.3, -0.25) is 4.79 Å². The molecule has 0 radical (unpaired) electrons. The average Bonchev–Trinajstić information content (AvgIpc) is 2.57. The summed E-state index contributed by atoms with van der Waals surface area (Å²) in [5, 5.41) is 3.22. The predicted octanol–water partition coefficient (Wildman–Crippen LogP) is 2.64. The molecule has 1 aliphatic rings. The van der Waals surface area contributed by atoms with E-state index in [2.05, 4.69) is 15.3 Å². The number of aryl methyl sites for hydroxylation is 1. The van der Waals surface area contributed by atoms with Crippen molar-refractivity contribution in [1.29, 1.82) is 0 Å². The van der Waals surface area contributed by atoms with Crippen molar-refractivity contribution in [3.8, 4) is 0 Å². The number of hydrogen-bond donors (Lipinski definition) is 1. The first-order valence-electron chi connectivity index (χ1n) is 7.73. The summed E-state index contributed by atoms with van der Waals surface area (Å²) in [5.74, 6) is 0.272. The second kappa shape index (κ2) is 6.73. The van der Waals surface area contributed by atoms with Gasteiger partial charge in [-0.2, -0.15) is 0 Å². The summed E-state index contributed by atoms with van der Waals surface area (Å²) in [5.41, 5.74) is 0.946. The number of carbonyl (C=O) groups excluding carboxylic acids is 1. The summed E-state index contributed by atoms with van der Waals surface area (Å²) in [4.78, 5) is 22.4. The van der Waals surface area contributed by atoms with Crippen molar-refractivity contribution in [2.75, 3.05) is 18.4 Å². The van der Waals surface area contributed by atoms with Gasteiger partial charge in [0.05, 0.1) is 5.69 Å². The second-order valence-electron chi connectivity index (χ2n) is 5.68. The van der Waals surface area contributed by atoms with Crippen LogP contribution in [0.15, 0.2) is 36.5 Å². The number of rotatable bonds is 3. The molecule has 5 nitrogen and oxygen atoms in total. The van der Waals surface area contributed by atoms with Gasteiger partial charge in [-0.25, -0.2) is 14.4 Å². The van der Waals surface area contributed by atoms with Gasteiger partial charge in [0.25, 0.3) is 5.91 Å². The van der Waals surface area contributed by atoms with Crippen molar-refractivity contribution < 1.29 is 9.18 Å². The molecule has 0 aliphatic carbocycles. The molecule has 1 aromatic heterocycles. The number of nitrogens with zero attached hydrogens (tertiary/aromatic N) is 3. The van der Waals surface area contributed by atoms with Gasteiger partial charge in [0.15, 0.2) is 0 Å². The van der Waals surface area contributed by atoms with E-state index in [0.717, 1.165) is 12.8 Å². The number of carbonyl (C=O) groups is 1. The third-order valence-electron chi connectivity index (χ3n) is 4.01. The van der Waals surface area contributed by atoms with Crippen LogP contribution in [0.2, 0.25) is 0 Å². The highest BCUT2D eigenvalue weighted by Crippen LogP contribution is 2.20. The number of para-hydroxylation sites is 1. The molecule has 1 amide bonds. The molecule has 0 bridgehead atoms. The maximum absolute atomic E-state index is 13.7. The summed E-state index contributed by atoms with van der Waals surface area (Å²) in [7, 11) is 0. The Hall–Kier alpha value is -2.50. The van der Waals surface area contributed by atoms with Crippen molar-refractivity contribution >= 4 is 11.6 Å². The van der Waals surface area contributed by atoms with E-state index in [9.17, 15) is 9.18 Å². The zero-order valence-electron chi connectivity index (χ0n) is 13.0. The fraction of sp³-hybridized carbons (Fsp3) is 0.353. The average molecular weight is 314 g/mol. The van der Waals surface area contributed by atoms with Gasteiger partial charge in [0, 0.05) is 25.3 Å². The summed E-state index contributed by atoms with van der Waals surface area (Å²) < 4.78 is 13.7. The van der Waals surface area contributed by atoms with E-state index in [1.165, 1.54) is 6.07 Å². The minimum atomic E-state index is -0.248. The van der Waals surface area contributed by atoms with Crippen molar-refractivity contribution in [2.24, 2.45) is 0 Å². The van der Waals surface area contributed by atoms with Crippen molar-refractivity contribution in [3.63, 3.8) is 0 Å². The van der Waals surface area contributed by atoms with Gasteiger partial charge >= 0.3 is 0 Å². The zero-order valence-corrected chi connectivity index (χ0v) is 13.0. The summed E-state index contributed by atoms with van der Waals surface area (Å²) in [6.45, 7) is 3.03. The number of benzene rings is 1. The lowest BCUT2D eigenvalue weighted by Gasteiger charge is -2.32. The number of hydrogen-bond acceptors (Lipinski definition) is 4. The van der Waals surface area contributed by atoms with Crippen LogP contribution in [0, 0.1) is 12.7 Å². The monoisotopic (exact) mass is 314 g/mol.